The van der Waals surface area contributed by atoms with E-state index in [0.29, 0.717) is 16.7 Å². The summed E-state index contributed by atoms with van der Waals surface area (Å²) in [7, 11) is 4.03. The van der Waals surface area contributed by atoms with Crippen LogP contribution in [-0.4, -0.2) is 36.4 Å². The Morgan fingerprint density at radius 3 is 2.90 bits per heavy atom. The lowest BCUT2D eigenvalue weighted by Crippen LogP contribution is -2.34. The van der Waals surface area contributed by atoms with E-state index in [2.05, 4.69) is 37.2 Å². The van der Waals surface area contributed by atoms with Gasteiger partial charge in [0.25, 0.3) is 5.91 Å². The molecule has 0 saturated carbocycles. The zero-order valence-electron chi connectivity index (χ0n) is 11.3. The lowest BCUT2D eigenvalue weighted by Gasteiger charge is -2.23. The molecular weight excluding hydrogens is 338 g/mol. The van der Waals surface area contributed by atoms with Crippen LogP contribution in [0.2, 0.25) is 0 Å². The summed E-state index contributed by atoms with van der Waals surface area (Å²) < 4.78 is 0.660. The van der Waals surface area contributed by atoms with Crippen molar-refractivity contribution >= 4 is 33.2 Å². The van der Waals surface area contributed by atoms with Crippen molar-refractivity contribution in [1.82, 2.24) is 15.2 Å². The maximum absolute atomic E-state index is 12.1. The normalized spacial score (nSPS) is 12.4. The topological polar surface area (TPSA) is 45.2 Å². The van der Waals surface area contributed by atoms with Gasteiger partial charge in [0.05, 0.1) is 6.04 Å². The lowest BCUT2D eigenvalue weighted by atomic mass is 10.2. The fourth-order valence-corrected chi connectivity index (χ4v) is 3.14. The monoisotopic (exact) mass is 353 g/mol. The number of rotatable bonds is 5. The maximum Gasteiger partial charge on any atom is 0.251 e. The van der Waals surface area contributed by atoms with Crippen LogP contribution < -0.4 is 5.32 Å². The predicted molar refractivity (Wildman–Crippen MR) is 85.0 cm³/mol. The van der Waals surface area contributed by atoms with Gasteiger partial charge in [-0.3, -0.25) is 4.79 Å². The fourth-order valence-electron chi connectivity index (χ4n) is 1.85. The average molecular weight is 354 g/mol. The first-order valence-electron chi connectivity index (χ1n) is 6.17. The number of carbonyl (C=O) groups is 1. The van der Waals surface area contributed by atoms with Crippen molar-refractivity contribution in [3.05, 3.63) is 50.9 Å². The zero-order chi connectivity index (χ0) is 14.5. The molecule has 0 aliphatic rings. The van der Waals surface area contributed by atoms with Crippen molar-refractivity contribution in [1.29, 1.82) is 0 Å². The van der Waals surface area contributed by atoms with Crippen LogP contribution in [0.25, 0.3) is 0 Å². The van der Waals surface area contributed by atoms with Crippen molar-refractivity contribution in [3.63, 3.8) is 0 Å². The molecule has 2 aromatic heterocycles. The highest BCUT2D eigenvalue weighted by molar-refractivity contribution is 9.10. The third-order valence-corrected chi connectivity index (χ3v) is 4.35. The first kappa shape index (κ1) is 15.2. The molecule has 0 radical (unpaired) electrons. The first-order chi connectivity index (χ1) is 9.58. The number of pyridine rings is 1. The van der Waals surface area contributed by atoms with Crippen molar-refractivity contribution in [2.75, 3.05) is 20.6 Å². The number of nitrogens with one attached hydrogen (secondary N) is 1. The second-order valence-electron chi connectivity index (χ2n) is 4.57. The summed E-state index contributed by atoms with van der Waals surface area (Å²) in [6.45, 7) is 0.576. The number of amides is 1. The summed E-state index contributed by atoms with van der Waals surface area (Å²) in [4.78, 5) is 19.5. The Bertz CT molecular complexity index is 572. The quantitative estimate of drug-likeness (QED) is 0.840. The van der Waals surface area contributed by atoms with E-state index >= 15 is 0 Å². The SMILES string of the molecule is CN(C)C(CNC(=O)c1ccnc(Br)c1)c1cccs1. The second kappa shape index (κ2) is 6.97. The van der Waals surface area contributed by atoms with E-state index in [1.807, 2.05) is 25.5 Å². The molecule has 4 nitrogen and oxygen atoms in total. The van der Waals surface area contributed by atoms with Crippen LogP contribution in [0.5, 0.6) is 0 Å². The summed E-state index contributed by atoms with van der Waals surface area (Å²) in [6.07, 6.45) is 1.61. The number of halogens is 1. The molecule has 106 valence electrons. The molecule has 1 unspecified atom stereocenters. The molecule has 2 heterocycles. The molecule has 0 aliphatic carbocycles. The predicted octanol–water partition coefficient (Wildman–Crippen LogP) is 2.94. The zero-order valence-corrected chi connectivity index (χ0v) is 13.7. The van der Waals surface area contributed by atoms with E-state index in [-0.39, 0.29) is 11.9 Å². The minimum absolute atomic E-state index is 0.0866. The van der Waals surface area contributed by atoms with Gasteiger partial charge in [0.2, 0.25) is 0 Å². The van der Waals surface area contributed by atoms with Gasteiger partial charge in [-0.15, -0.1) is 11.3 Å². The van der Waals surface area contributed by atoms with E-state index in [1.165, 1.54) is 4.88 Å². The number of hydrogen-bond donors (Lipinski definition) is 1. The molecule has 0 saturated heterocycles. The van der Waals surface area contributed by atoms with E-state index in [0.717, 1.165) is 0 Å². The van der Waals surface area contributed by atoms with Crippen LogP contribution in [0.3, 0.4) is 0 Å². The molecule has 20 heavy (non-hydrogen) atoms. The summed E-state index contributed by atoms with van der Waals surface area (Å²) in [5, 5.41) is 5.02. The van der Waals surface area contributed by atoms with Gasteiger partial charge in [0.1, 0.15) is 4.60 Å². The Kier molecular flexibility index (Phi) is 5.28. The van der Waals surface area contributed by atoms with E-state index in [4.69, 9.17) is 0 Å². The highest BCUT2D eigenvalue weighted by atomic mass is 79.9. The van der Waals surface area contributed by atoms with Crippen LogP contribution in [0.4, 0.5) is 0 Å². The standard InChI is InChI=1S/C14H16BrN3OS/c1-18(2)11(12-4-3-7-20-12)9-17-14(19)10-5-6-16-13(15)8-10/h3-8,11H,9H2,1-2H3,(H,17,19). The Hall–Kier alpha value is -1.24. The molecule has 0 spiro atoms. The molecule has 1 N–H and O–H groups in total. The number of thiophene rings is 1. The van der Waals surface area contributed by atoms with Gasteiger partial charge in [0.15, 0.2) is 0 Å². The summed E-state index contributed by atoms with van der Waals surface area (Å²) in [6, 6.07) is 7.72. The van der Waals surface area contributed by atoms with Gasteiger partial charge in [-0.25, -0.2) is 4.98 Å². The Balaban J connectivity index is 2.01. The summed E-state index contributed by atoms with van der Waals surface area (Å²) in [5.74, 6) is -0.0866. The highest BCUT2D eigenvalue weighted by Gasteiger charge is 2.16. The van der Waals surface area contributed by atoms with Crippen LogP contribution in [0, 0.1) is 0 Å². The molecule has 0 aliphatic heterocycles. The lowest BCUT2D eigenvalue weighted by molar-refractivity contribution is 0.0942. The molecule has 2 rings (SSSR count). The summed E-state index contributed by atoms with van der Waals surface area (Å²) in [5.41, 5.74) is 0.607. The Morgan fingerprint density at radius 2 is 2.30 bits per heavy atom. The van der Waals surface area contributed by atoms with Crippen LogP contribution in [0.15, 0.2) is 40.4 Å². The van der Waals surface area contributed by atoms with Gasteiger partial charge >= 0.3 is 0 Å². The fraction of sp³-hybridized carbons (Fsp3) is 0.286. The molecule has 1 amide bonds. The largest absolute Gasteiger partial charge is 0.350 e. The molecular formula is C14H16BrN3OS. The second-order valence-corrected chi connectivity index (χ2v) is 6.36. The molecule has 6 heteroatoms. The number of aromatic nitrogens is 1. The summed E-state index contributed by atoms with van der Waals surface area (Å²) >= 11 is 4.97. The molecule has 0 fully saturated rings. The third kappa shape index (κ3) is 3.88. The third-order valence-electron chi connectivity index (χ3n) is 2.94. The highest BCUT2D eigenvalue weighted by Crippen LogP contribution is 2.22. The number of hydrogen-bond acceptors (Lipinski definition) is 4. The molecule has 0 bridgehead atoms. The first-order valence-corrected chi connectivity index (χ1v) is 7.85. The van der Waals surface area contributed by atoms with Gasteiger partial charge in [-0.1, -0.05) is 6.07 Å². The van der Waals surface area contributed by atoms with Crippen LogP contribution in [0.1, 0.15) is 21.3 Å². The van der Waals surface area contributed by atoms with Crippen LogP contribution in [-0.2, 0) is 0 Å². The minimum atomic E-state index is -0.0866. The average Bonchev–Trinajstić information content (AvgIpc) is 2.92. The van der Waals surface area contributed by atoms with E-state index in [9.17, 15) is 4.79 Å². The van der Waals surface area contributed by atoms with Gasteiger partial charge in [-0.05, 0) is 53.6 Å². The van der Waals surface area contributed by atoms with E-state index in [1.54, 1.807) is 29.7 Å². The van der Waals surface area contributed by atoms with Crippen LogP contribution >= 0.6 is 27.3 Å². The minimum Gasteiger partial charge on any atom is -0.350 e. The maximum atomic E-state index is 12.1. The molecule has 2 aromatic rings. The Labute approximate surface area is 131 Å². The van der Waals surface area contributed by atoms with Gasteiger partial charge in [0, 0.05) is 23.2 Å². The number of nitrogens with zero attached hydrogens (tertiary/aromatic N) is 2. The van der Waals surface area contributed by atoms with Gasteiger partial charge < -0.3 is 10.2 Å². The Morgan fingerprint density at radius 1 is 1.50 bits per heavy atom. The van der Waals surface area contributed by atoms with E-state index < -0.39 is 0 Å². The number of likely N-dealkylation sites (N-methyl/N-ethyl adjacent to an activating group) is 1. The molecule has 0 aromatic carbocycles. The van der Waals surface area contributed by atoms with Crippen molar-refractivity contribution in [3.8, 4) is 0 Å². The smallest absolute Gasteiger partial charge is 0.251 e. The van der Waals surface area contributed by atoms with Crippen molar-refractivity contribution in [2.45, 2.75) is 6.04 Å². The molecule has 1 atom stereocenters. The number of carbonyl (C=O) groups excluding carboxylic acids is 1. The van der Waals surface area contributed by atoms with Crippen molar-refractivity contribution in [2.24, 2.45) is 0 Å². The van der Waals surface area contributed by atoms with Gasteiger partial charge in [-0.2, -0.15) is 0 Å². The van der Waals surface area contributed by atoms with Crippen molar-refractivity contribution < 1.29 is 4.79 Å².